The first-order valence-electron chi connectivity index (χ1n) is 4.16. The Morgan fingerprint density at radius 3 is 2.92 bits per heavy atom. The highest BCUT2D eigenvalue weighted by Crippen LogP contribution is 2.26. The number of benzene rings is 2. The standard InChI is InChI=1S/C11H7NS/c1-2-4-9-8(3-1)5-6-10-11(9)12-7-13-10/h1-7H. The van der Waals surface area contributed by atoms with Crippen LogP contribution >= 0.6 is 11.3 Å². The fourth-order valence-corrected chi connectivity index (χ4v) is 2.29. The summed E-state index contributed by atoms with van der Waals surface area (Å²) in [7, 11) is 0. The van der Waals surface area contributed by atoms with Crippen molar-refractivity contribution in [1.82, 2.24) is 4.98 Å². The van der Waals surface area contributed by atoms with E-state index in [1.54, 1.807) is 11.3 Å². The second-order valence-corrected chi connectivity index (χ2v) is 3.87. The van der Waals surface area contributed by atoms with Crippen molar-refractivity contribution in [3.8, 4) is 0 Å². The molecule has 13 heavy (non-hydrogen) atoms. The molecule has 3 rings (SSSR count). The molecule has 0 saturated carbocycles. The normalized spacial score (nSPS) is 11.1. The Balaban J connectivity index is 2.65. The Kier molecular flexibility index (Phi) is 1.37. The molecule has 0 atom stereocenters. The molecule has 0 aliphatic heterocycles. The van der Waals surface area contributed by atoms with Crippen LogP contribution in [0.5, 0.6) is 0 Å². The molecule has 0 aliphatic rings. The molecule has 1 nitrogen and oxygen atoms in total. The van der Waals surface area contributed by atoms with E-state index in [9.17, 15) is 0 Å². The maximum Gasteiger partial charge on any atom is 0.0890 e. The smallest absolute Gasteiger partial charge is 0.0890 e. The molecule has 3 aromatic rings. The van der Waals surface area contributed by atoms with E-state index < -0.39 is 0 Å². The molecular weight excluding hydrogens is 178 g/mol. The molecule has 0 amide bonds. The van der Waals surface area contributed by atoms with Crippen LogP contribution in [0.3, 0.4) is 0 Å². The summed E-state index contributed by atoms with van der Waals surface area (Å²) in [5.74, 6) is 0. The third kappa shape index (κ3) is 0.956. The first-order valence-corrected chi connectivity index (χ1v) is 5.04. The van der Waals surface area contributed by atoms with E-state index in [1.165, 1.54) is 15.5 Å². The van der Waals surface area contributed by atoms with E-state index in [-0.39, 0.29) is 0 Å². The average Bonchev–Trinajstić information content (AvgIpc) is 2.65. The van der Waals surface area contributed by atoms with Crippen molar-refractivity contribution in [2.24, 2.45) is 0 Å². The van der Waals surface area contributed by atoms with Gasteiger partial charge in [-0.15, -0.1) is 11.3 Å². The van der Waals surface area contributed by atoms with E-state index in [1.807, 2.05) is 5.51 Å². The van der Waals surface area contributed by atoms with E-state index in [0.29, 0.717) is 0 Å². The number of fused-ring (bicyclic) bond motifs is 3. The summed E-state index contributed by atoms with van der Waals surface area (Å²) in [5.41, 5.74) is 3.03. The van der Waals surface area contributed by atoms with Crippen LogP contribution in [0.25, 0.3) is 21.0 Å². The number of hydrogen-bond donors (Lipinski definition) is 0. The lowest BCUT2D eigenvalue weighted by Crippen LogP contribution is -1.73. The first-order chi connectivity index (χ1) is 6.45. The van der Waals surface area contributed by atoms with Crippen molar-refractivity contribution < 1.29 is 0 Å². The summed E-state index contributed by atoms with van der Waals surface area (Å²) >= 11 is 1.69. The van der Waals surface area contributed by atoms with Gasteiger partial charge in [0.25, 0.3) is 0 Å². The number of nitrogens with zero attached hydrogens (tertiary/aromatic N) is 1. The average molecular weight is 185 g/mol. The fourth-order valence-electron chi connectivity index (χ4n) is 1.60. The van der Waals surface area contributed by atoms with Gasteiger partial charge in [-0.3, -0.25) is 0 Å². The second-order valence-electron chi connectivity index (χ2n) is 2.99. The molecule has 62 valence electrons. The van der Waals surface area contributed by atoms with Crippen LogP contribution < -0.4 is 0 Å². The van der Waals surface area contributed by atoms with E-state index >= 15 is 0 Å². The predicted octanol–water partition coefficient (Wildman–Crippen LogP) is 3.45. The molecule has 0 unspecified atom stereocenters. The molecule has 0 bridgehead atoms. The third-order valence-electron chi connectivity index (χ3n) is 2.23. The zero-order valence-electron chi connectivity index (χ0n) is 6.90. The lowest BCUT2D eigenvalue weighted by Gasteiger charge is -1.96. The van der Waals surface area contributed by atoms with Gasteiger partial charge in [-0.25, -0.2) is 4.98 Å². The lowest BCUT2D eigenvalue weighted by atomic mass is 10.1. The molecule has 1 aromatic heterocycles. The SMILES string of the molecule is c1ccc2c(c1)ccc1scnc12. The minimum absolute atomic E-state index is 1.13. The van der Waals surface area contributed by atoms with Crippen LogP contribution in [0, 0.1) is 0 Å². The van der Waals surface area contributed by atoms with Gasteiger partial charge in [0.2, 0.25) is 0 Å². The zero-order chi connectivity index (χ0) is 8.67. The number of hydrogen-bond acceptors (Lipinski definition) is 2. The minimum atomic E-state index is 1.13. The van der Waals surface area contributed by atoms with Crippen LogP contribution in [-0.4, -0.2) is 4.98 Å². The molecule has 2 aromatic carbocycles. The molecule has 2 heteroatoms. The highest BCUT2D eigenvalue weighted by Gasteiger charge is 2.00. The Morgan fingerprint density at radius 1 is 1.00 bits per heavy atom. The third-order valence-corrected chi connectivity index (χ3v) is 3.02. The molecule has 0 spiro atoms. The van der Waals surface area contributed by atoms with Crippen LogP contribution in [0.2, 0.25) is 0 Å². The van der Waals surface area contributed by atoms with Gasteiger partial charge in [-0.2, -0.15) is 0 Å². The van der Waals surface area contributed by atoms with Crippen LogP contribution in [0.15, 0.2) is 41.9 Å². The van der Waals surface area contributed by atoms with Gasteiger partial charge in [-0.1, -0.05) is 30.3 Å². The maximum atomic E-state index is 4.37. The van der Waals surface area contributed by atoms with Crippen LogP contribution in [-0.2, 0) is 0 Å². The van der Waals surface area contributed by atoms with Gasteiger partial charge in [0.15, 0.2) is 0 Å². The van der Waals surface area contributed by atoms with Crippen LogP contribution in [0.4, 0.5) is 0 Å². The van der Waals surface area contributed by atoms with Crippen molar-refractivity contribution in [2.45, 2.75) is 0 Å². The molecular formula is C11H7NS. The summed E-state index contributed by atoms with van der Waals surface area (Å²) in [5, 5.41) is 2.52. The van der Waals surface area contributed by atoms with Gasteiger partial charge in [0.1, 0.15) is 0 Å². The quantitative estimate of drug-likeness (QED) is 0.522. The zero-order valence-corrected chi connectivity index (χ0v) is 7.71. The highest BCUT2D eigenvalue weighted by molar-refractivity contribution is 7.16. The summed E-state index contributed by atoms with van der Waals surface area (Å²) < 4.78 is 1.26. The molecule has 0 saturated heterocycles. The Labute approximate surface area is 79.7 Å². The fraction of sp³-hybridized carbons (Fsp3) is 0. The van der Waals surface area contributed by atoms with Crippen molar-refractivity contribution in [3.05, 3.63) is 41.9 Å². The molecule has 1 heterocycles. The monoisotopic (exact) mass is 185 g/mol. The molecule has 0 N–H and O–H groups in total. The first kappa shape index (κ1) is 7.04. The van der Waals surface area contributed by atoms with Crippen molar-refractivity contribution in [2.75, 3.05) is 0 Å². The number of aromatic nitrogens is 1. The largest absolute Gasteiger partial charge is 0.244 e. The van der Waals surface area contributed by atoms with Crippen molar-refractivity contribution >= 4 is 32.3 Å². The van der Waals surface area contributed by atoms with E-state index in [4.69, 9.17) is 0 Å². The Bertz CT molecular complexity index is 568. The maximum absolute atomic E-state index is 4.37. The summed E-state index contributed by atoms with van der Waals surface area (Å²) in [4.78, 5) is 4.37. The lowest BCUT2D eigenvalue weighted by molar-refractivity contribution is 1.52. The highest BCUT2D eigenvalue weighted by atomic mass is 32.1. The van der Waals surface area contributed by atoms with Crippen molar-refractivity contribution in [3.63, 3.8) is 0 Å². The van der Waals surface area contributed by atoms with Gasteiger partial charge in [-0.05, 0) is 11.5 Å². The molecule has 0 radical (unpaired) electrons. The Hall–Kier alpha value is -1.41. The summed E-state index contributed by atoms with van der Waals surface area (Å²) in [6.07, 6.45) is 0. The van der Waals surface area contributed by atoms with Crippen molar-refractivity contribution in [1.29, 1.82) is 0 Å². The van der Waals surface area contributed by atoms with Crippen LogP contribution in [0.1, 0.15) is 0 Å². The van der Waals surface area contributed by atoms with E-state index in [0.717, 1.165) is 5.52 Å². The Morgan fingerprint density at radius 2 is 1.92 bits per heavy atom. The number of rotatable bonds is 0. The predicted molar refractivity (Wildman–Crippen MR) is 57.1 cm³/mol. The second kappa shape index (κ2) is 2.54. The van der Waals surface area contributed by atoms with Gasteiger partial charge < -0.3 is 0 Å². The summed E-state index contributed by atoms with van der Waals surface area (Å²) in [6, 6.07) is 12.6. The summed E-state index contributed by atoms with van der Waals surface area (Å²) in [6.45, 7) is 0. The minimum Gasteiger partial charge on any atom is -0.244 e. The van der Waals surface area contributed by atoms with Gasteiger partial charge >= 0.3 is 0 Å². The van der Waals surface area contributed by atoms with Gasteiger partial charge in [0, 0.05) is 5.39 Å². The van der Waals surface area contributed by atoms with E-state index in [2.05, 4.69) is 41.4 Å². The molecule has 0 aliphatic carbocycles. The molecule has 0 fully saturated rings. The number of thiazole rings is 1. The van der Waals surface area contributed by atoms with Gasteiger partial charge in [0.05, 0.1) is 15.7 Å². The topological polar surface area (TPSA) is 12.9 Å².